The van der Waals surface area contributed by atoms with E-state index in [4.69, 9.17) is 18.9 Å². The molecule has 0 aliphatic heterocycles. The van der Waals surface area contributed by atoms with Crippen molar-refractivity contribution in [1.82, 2.24) is 0 Å². The van der Waals surface area contributed by atoms with Crippen molar-refractivity contribution >= 4 is 33.5 Å². The van der Waals surface area contributed by atoms with Gasteiger partial charge in [0.25, 0.3) is 0 Å². The first-order valence-electron chi connectivity index (χ1n) is 16.9. The van der Waals surface area contributed by atoms with Gasteiger partial charge in [-0.15, -0.1) is 0 Å². The van der Waals surface area contributed by atoms with E-state index < -0.39 is 0 Å². The lowest BCUT2D eigenvalue weighted by Gasteiger charge is -2.25. The molecule has 0 heterocycles. The highest BCUT2D eigenvalue weighted by molar-refractivity contribution is 6.11. The second-order valence-corrected chi connectivity index (χ2v) is 13.0. The zero-order valence-electron chi connectivity index (χ0n) is 26.7. The van der Waals surface area contributed by atoms with Crippen molar-refractivity contribution in [1.29, 1.82) is 0 Å². The maximum Gasteiger partial charge on any atom is 0.312 e. The van der Waals surface area contributed by atoms with E-state index in [1.165, 1.54) is 78.4 Å². The second-order valence-electron chi connectivity index (χ2n) is 13.0. The van der Waals surface area contributed by atoms with E-state index in [9.17, 15) is 9.59 Å². The van der Waals surface area contributed by atoms with Crippen LogP contribution in [0.15, 0.2) is 48.5 Å². The molecule has 0 radical (unpaired) electrons. The fourth-order valence-electron chi connectivity index (χ4n) is 7.42. The minimum atomic E-state index is -0.319. The Morgan fingerprint density at radius 3 is 1.25 bits per heavy atom. The fraction of sp³-hybridized carbons (Fsp3) is 0.579. The summed E-state index contributed by atoms with van der Waals surface area (Å²) in [7, 11) is 2.92. The van der Waals surface area contributed by atoms with Crippen LogP contribution in [-0.4, -0.2) is 39.4 Å². The summed E-state index contributed by atoms with van der Waals surface area (Å²) in [6.07, 6.45) is 16.4. The molecule has 3 aromatic carbocycles. The van der Waals surface area contributed by atoms with Gasteiger partial charge in [-0.3, -0.25) is 9.59 Å². The van der Waals surface area contributed by atoms with Crippen molar-refractivity contribution in [2.24, 2.45) is 23.7 Å². The van der Waals surface area contributed by atoms with E-state index in [-0.39, 0.29) is 37.0 Å². The first-order valence-corrected chi connectivity index (χ1v) is 16.9. The standard InChI is InChI=1S/C38H50O6/c1-41-37(39)29(23-21-27-13-5-3-6-14-27)25-43-35-31-17-9-11-19-33(31)36(34-20-12-10-18-32(34)35)44-26-30(38(40)42-2)24-22-28-15-7-4-8-16-28/h9-12,17-20,27-30H,3-8,13-16,21-26H2,1-2H3. The predicted octanol–water partition coefficient (Wildman–Crippen LogP) is 9.05. The summed E-state index contributed by atoms with van der Waals surface area (Å²) >= 11 is 0. The topological polar surface area (TPSA) is 71.1 Å². The molecule has 2 aliphatic carbocycles. The van der Waals surface area contributed by atoms with Crippen molar-refractivity contribution in [3.8, 4) is 11.5 Å². The van der Waals surface area contributed by atoms with E-state index in [1.54, 1.807) is 0 Å². The van der Waals surface area contributed by atoms with Crippen LogP contribution in [0.4, 0.5) is 0 Å². The van der Waals surface area contributed by atoms with Gasteiger partial charge >= 0.3 is 11.9 Å². The first kappa shape index (κ1) is 32.1. The van der Waals surface area contributed by atoms with E-state index in [1.807, 2.05) is 48.5 Å². The number of hydrogen-bond donors (Lipinski definition) is 0. The SMILES string of the molecule is COC(=O)C(CCC1CCCCC1)COc1c2ccccc2c(OCC(CCC2CCCCC2)C(=O)OC)c2ccccc12. The maximum absolute atomic E-state index is 12.8. The Hall–Kier alpha value is -3.28. The molecule has 0 saturated heterocycles. The molecule has 0 spiro atoms. The molecule has 2 unspecified atom stereocenters. The highest BCUT2D eigenvalue weighted by atomic mass is 16.5. The summed E-state index contributed by atoms with van der Waals surface area (Å²) in [5.41, 5.74) is 0. The van der Waals surface area contributed by atoms with Gasteiger partial charge in [0.15, 0.2) is 0 Å². The van der Waals surface area contributed by atoms with Crippen LogP contribution in [0.3, 0.4) is 0 Å². The van der Waals surface area contributed by atoms with Gasteiger partial charge in [0, 0.05) is 21.5 Å². The Labute approximate surface area is 262 Å². The number of methoxy groups -OCH3 is 2. The zero-order valence-corrected chi connectivity index (χ0v) is 26.7. The first-order chi connectivity index (χ1) is 21.6. The summed E-state index contributed by atoms with van der Waals surface area (Å²) in [5.74, 6) is 1.80. The molecule has 6 nitrogen and oxygen atoms in total. The van der Waals surface area contributed by atoms with Crippen molar-refractivity contribution in [3.63, 3.8) is 0 Å². The lowest BCUT2D eigenvalue weighted by atomic mass is 9.84. The third-order valence-corrected chi connectivity index (χ3v) is 10.1. The predicted molar refractivity (Wildman–Crippen MR) is 175 cm³/mol. The van der Waals surface area contributed by atoms with Gasteiger partial charge in [-0.1, -0.05) is 113 Å². The Balaban J connectivity index is 1.37. The monoisotopic (exact) mass is 602 g/mol. The molecule has 2 aliphatic rings. The highest BCUT2D eigenvalue weighted by Gasteiger charge is 2.26. The molecule has 0 aromatic heterocycles. The van der Waals surface area contributed by atoms with Crippen molar-refractivity contribution in [2.45, 2.75) is 89.9 Å². The van der Waals surface area contributed by atoms with Crippen molar-refractivity contribution < 1.29 is 28.5 Å². The van der Waals surface area contributed by atoms with Crippen LogP contribution in [0.25, 0.3) is 21.5 Å². The van der Waals surface area contributed by atoms with Gasteiger partial charge < -0.3 is 18.9 Å². The van der Waals surface area contributed by atoms with E-state index in [0.717, 1.165) is 58.7 Å². The summed E-state index contributed by atoms with van der Waals surface area (Å²) in [4.78, 5) is 25.6. The van der Waals surface area contributed by atoms with Crippen LogP contribution >= 0.6 is 0 Å². The van der Waals surface area contributed by atoms with Crippen molar-refractivity contribution in [2.75, 3.05) is 27.4 Å². The molecular formula is C38H50O6. The van der Waals surface area contributed by atoms with Crippen LogP contribution in [0.1, 0.15) is 89.9 Å². The smallest absolute Gasteiger partial charge is 0.312 e. The molecule has 238 valence electrons. The summed E-state index contributed by atoms with van der Waals surface area (Å²) < 4.78 is 23.5. The highest BCUT2D eigenvalue weighted by Crippen LogP contribution is 2.43. The van der Waals surface area contributed by atoms with E-state index in [0.29, 0.717) is 11.8 Å². The normalized spacial score (nSPS) is 17.7. The van der Waals surface area contributed by atoms with Crippen LogP contribution in [-0.2, 0) is 19.1 Å². The summed E-state index contributed by atoms with van der Waals surface area (Å²) in [6, 6.07) is 16.2. The lowest BCUT2D eigenvalue weighted by Crippen LogP contribution is -2.25. The van der Waals surface area contributed by atoms with Gasteiger partial charge in [0.2, 0.25) is 0 Å². The number of rotatable bonds is 14. The Morgan fingerprint density at radius 2 is 0.932 bits per heavy atom. The number of hydrogen-bond acceptors (Lipinski definition) is 6. The summed E-state index contributed by atoms with van der Waals surface area (Å²) in [5, 5.41) is 3.70. The molecule has 0 bridgehead atoms. The second kappa shape index (κ2) is 16.2. The third kappa shape index (κ3) is 8.05. The minimum absolute atomic E-state index is 0.212. The molecule has 5 rings (SSSR count). The number of ether oxygens (including phenoxy) is 4. The lowest BCUT2D eigenvalue weighted by molar-refractivity contribution is -0.147. The summed E-state index contributed by atoms with van der Waals surface area (Å²) in [6.45, 7) is 0.526. The largest absolute Gasteiger partial charge is 0.491 e. The minimum Gasteiger partial charge on any atom is -0.491 e. The van der Waals surface area contributed by atoms with Crippen LogP contribution in [0, 0.1) is 23.7 Å². The molecule has 6 heteroatoms. The number of fused-ring (bicyclic) bond motifs is 2. The van der Waals surface area contributed by atoms with Crippen molar-refractivity contribution in [3.05, 3.63) is 48.5 Å². The number of carbonyl (C=O) groups excluding carboxylic acids is 2. The van der Waals surface area contributed by atoms with Gasteiger partial charge in [-0.2, -0.15) is 0 Å². The van der Waals surface area contributed by atoms with Gasteiger partial charge in [-0.25, -0.2) is 0 Å². The van der Waals surface area contributed by atoms with Gasteiger partial charge in [-0.05, 0) is 37.5 Å². The van der Waals surface area contributed by atoms with Crippen LogP contribution in [0.5, 0.6) is 11.5 Å². The molecule has 0 N–H and O–H groups in total. The maximum atomic E-state index is 12.8. The quantitative estimate of drug-likeness (QED) is 0.135. The van der Waals surface area contributed by atoms with Gasteiger partial charge in [0.1, 0.15) is 24.7 Å². The zero-order chi connectivity index (χ0) is 30.7. The number of benzene rings is 3. The van der Waals surface area contributed by atoms with Crippen LogP contribution < -0.4 is 9.47 Å². The fourth-order valence-corrected chi connectivity index (χ4v) is 7.42. The molecule has 44 heavy (non-hydrogen) atoms. The number of esters is 2. The number of carbonyl (C=O) groups is 2. The third-order valence-electron chi connectivity index (χ3n) is 10.1. The van der Waals surface area contributed by atoms with E-state index in [2.05, 4.69) is 0 Å². The average Bonchev–Trinajstić information content (AvgIpc) is 3.08. The Kier molecular flexibility index (Phi) is 11.8. The van der Waals surface area contributed by atoms with Gasteiger partial charge in [0.05, 0.1) is 26.1 Å². The molecule has 2 fully saturated rings. The molecule has 0 amide bonds. The van der Waals surface area contributed by atoms with Crippen LogP contribution in [0.2, 0.25) is 0 Å². The molecular weight excluding hydrogens is 552 g/mol. The Bertz CT molecular complexity index is 1210. The molecule has 3 aromatic rings. The Morgan fingerprint density at radius 1 is 0.591 bits per heavy atom. The molecule has 2 saturated carbocycles. The van der Waals surface area contributed by atoms with E-state index >= 15 is 0 Å². The average molecular weight is 603 g/mol. The molecule has 2 atom stereocenters.